The molecule has 3 aromatic carbocycles. The van der Waals surface area contributed by atoms with Crippen LogP contribution in [0.3, 0.4) is 0 Å². The Labute approximate surface area is 165 Å². The highest BCUT2D eigenvalue weighted by atomic mass is 79.9. The highest BCUT2D eigenvalue weighted by molar-refractivity contribution is 7.95. The number of hydrogen-bond donors (Lipinski definition) is 0. The molecule has 0 amide bonds. The predicted octanol–water partition coefficient (Wildman–Crippen LogP) is 1.68. The molecule has 0 N–H and O–H groups in total. The van der Waals surface area contributed by atoms with Crippen LogP contribution in [0.1, 0.15) is 6.42 Å². The first-order valence-electron chi connectivity index (χ1n) is 8.44. The summed E-state index contributed by atoms with van der Waals surface area (Å²) in [5.41, 5.74) is 8.61. The summed E-state index contributed by atoms with van der Waals surface area (Å²) in [6.07, 6.45) is 1.86. The van der Waals surface area contributed by atoms with Crippen LogP contribution < -0.4 is 32.9 Å². The Morgan fingerprint density at radius 3 is 1.42 bits per heavy atom. The summed E-state index contributed by atoms with van der Waals surface area (Å²) < 4.78 is 0. The molecule has 0 atom stereocenters. The molecule has 0 unspecified atom stereocenters. The van der Waals surface area contributed by atoms with E-state index in [1.54, 1.807) is 0 Å². The SMILES string of the molecule is [Br-].[N-]=[N+]=NCCC[P+](c1ccccc1)(c1ccccc1)c1ccccc1. The zero-order chi connectivity index (χ0) is 17.4. The van der Waals surface area contributed by atoms with E-state index in [9.17, 15) is 0 Å². The second-order valence-electron chi connectivity index (χ2n) is 5.85. The summed E-state index contributed by atoms with van der Waals surface area (Å²) in [5, 5.41) is 7.86. The average molecular weight is 426 g/mol. The van der Waals surface area contributed by atoms with Crippen LogP contribution in [0.15, 0.2) is 96.1 Å². The van der Waals surface area contributed by atoms with E-state index in [0.29, 0.717) is 6.54 Å². The van der Waals surface area contributed by atoms with Gasteiger partial charge in [-0.3, -0.25) is 0 Å². The molecule has 3 nitrogen and oxygen atoms in total. The van der Waals surface area contributed by atoms with Gasteiger partial charge in [-0.25, -0.2) is 0 Å². The number of rotatable bonds is 7. The third-order valence-electron chi connectivity index (χ3n) is 4.41. The minimum Gasteiger partial charge on any atom is -1.00 e. The Bertz CT molecular complexity index is 738. The molecule has 0 aliphatic heterocycles. The summed E-state index contributed by atoms with van der Waals surface area (Å²) in [5.74, 6) is 0. The van der Waals surface area contributed by atoms with Crippen molar-refractivity contribution in [3.63, 3.8) is 0 Å². The van der Waals surface area contributed by atoms with Crippen LogP contribution in [-0.4, -0.2) is 12.7 Å². The van der Waals surface area contributed by atoms with Gasteiger partial charge in [0.05, 0.1) is 6.16 Å². The lowest BCUT2D eigenvalue weighted by molar-refractivity contribution is -0.00000494. The zero-order valence-electron chi connectivity index (χ0n) is 14.4. The van der Waals surface area contributed by atoms with Gasteiger partial charge in [0.1, 0.15) is 23.2 Å². The van der Waals surface area contributed by atoms with Crippen LogP contribution in [0.25, 0.3) is 10.4 Å². The van der Waals surface area contributed by atoms with Crippen LogP contribution in [0.5, 0.6) is 0 Å². The first-order valence-corrected chi connectivity index (χ1v) is 10.4. The number of benzene rings is 3. The maximum Gasteiger partial charge on any atom is 0.112 e. The smallest absolute Gasteiger partial charge is 0.112 e. The molecule has 0 radical (unpaired) electrons. The molecule has 0 fully saturated rings. The third-order valence-corrected chi connectivity index (χ3v) is 8.93. The molecule has 0 heterocycles. The predicted molar refractivity (Wildman–Crippen MR) is 109 cm³/mol. The summed E-state index contributed by atoms with van der Waals surface area (Å²) in [6.45, 7) is 0.532. The lowest BCUT2D eigenvalue weighted by atomic mass is 10.3. The number of nitrogens with zero attached hydrogens (tertiary/aromatic N) is 3. The van der Waals surface area contributed by atoms with Crippen molar-refractivity contribution >= 4 is 23.2 Å². The average Bonchev–Trinajstić information content (AvgIpc) is 2.70. The van der Waals surface area contributed by atoms with E-state index in [2.05, 4.69) is 101 Å². The van der Waals surface area contributed by atoms with Gasteiger partial charge in [-0.15, -0.1) is 0 Å². The molecule has 0 saturated carbocycles. The number of azide groups is 1. The van der Waals surface area contributed by atoms with Gasteiger partial charge < -0.3 is 17.0 Å². The van der Waals surface area contributed by atoms with Crippen molar-refractivity contribution in [3.05, 3.63) is 101 Å². The van der Waals surface area contributed by atoms with Gasteiger partial charge in [0.15, 0.2) is 0 Å². The molecule has 26 heavy (non-hydrogen) atoms. The second kappa shape index (κ2) is 10.1. The molecule has 132 valence electrons. The summed E-state index contributed by atoms with van der Waals surface area (Å²) in [7, 11) is -1.78. The van der Waals surface area contributed by atoms with Gasteiger partial charge in [0.2, 0.25) is 0 Å². The number of hydrogen-bond acceptors (Lipinski definition) is 1. The zero-order valence-corrected chi connectivity index (χ0v) is 16.9. The van der Waals surface area contributed by atoms with Crippen molar-refractivity contribution < 1.29 is 17.0 Å². The fourth-order valence-corrected chi connectivity index (χ4v) is 7.63. The minimum absolute atomic E-state index is 0. The Morgan fingerprint density at radius 2 is 1.08 bits per heavy atom. The molecule has 0 aliphatic rings. The Hall–Kier alpha value is -2.12. The molecule has 0 saturated heterocycles. The van der Waals surface area contributed by atoms with Crippen molar-refractivity contribution in [1.82, 2.24) is 0 Å². The van der Waals surface area contributed by atoms with E-state index in [1.165, 1.54) is 15.9 Å². The van der Waals surface area contributed by atoms with E-state index >= 15 is 0 Å². The van der Waals surface area contributed by atoms with Crippen LogP contribution in [0.4, 0.5) is 0 Å². The molecule has 0 bridgehead atoms. The molecule has 0 aliphatic carbocycles. The highest BCUT2D eigenvalue weighted by Crippen LogP contribution is 2.55. The monoisotopic (exact) mass is 425 g/mol. The lowest BCUT2D eigenvalue weighted by Gasteiger charge is -2.27. The van der Waals surface area contributed by atoms with Crippen LogP contribution >= 0.6 is 7.26 Å². The molecular weight excluding hydrogens is 405 g/mol. The van der Waals surface area contributed by atoms with E-state index < -0.39 is 7.26 Å². The van der Waals surface area contributed by atoms with Crippen molar-refractivity contribution in [2.75, 3.05) is 12.7 Å². The Morgan fingerprint density at radius 1 is 0.692 bits per heavy atom. The molecule has 0 aromatic heterocycles. The van der Waals surface area contributed by atoms with Gasteiger partial charge in [-0.2, -0.15) is 0 Å². The van der Waals surface area contributed by atoms with E-state index in [1.807, 2.05) is 0 Å². The van der Waals surface area contributed by atoms with E-state index in [4.69, 9.17) is 5.53 Å². The normalized spacial score (nSPS) is 10.5. The van der Waals surface area contributed by atoms with Crippen LogP contribution in [0.2, 0.25) is 0 Å². The molecule has 0 spiro atoms. The lowest BCUT2D eigenvalue weighted by Crippen LogP contribution is -3.00. The fourth-order valence-electron chi connectivity index (χ4n) is 3.31. The van der Waals surface area contributed by atoms with Gasteiger partial charge >= 0.3 is 0 Å². The third kappa shape index (κ3) is 4.34. The van der Waals surface area contributed by atoms with E-state index in [0.717, 1.165) is 12.6 Å². The first kappa shape index (κ1) is 20.2. The summed E-state index contributed by atoms with van der Waals surface area (Å²) in [6, 6.07) is 32.3. The van der Waals surface area contributed by atoms with Crippen molar-refractivity contribution in [3.8, 4) is 0 Å². The Balaban J connectivity index is 0.00000243. The van der Waals surface area contributed by atoms with Crippen LogP contribution in [-0.2, 0) is 0 Å². The van der Waals surface area contributed by atoms with Gasteiger partial charge in [-0.05, 0) is 48.4 Å². The van der Waals surface area contributed by atoms with Gasteiger partial charge in [0.25, 0.3) is 0 Å². The van der Waals surface area contributed by atoms with Gasteiger partial charge in [-0.1, -0.05) is 59.7 Å². The Kier molecular flexibility index (Phi) is 7.87. The van der Waals surface area contributed by atoms with Crippen molar-refractivity contribution in [2.24, 2.45) is 5.11 Å². The molecule has 3 aromatic rings. The topological polar surface area (TPSA) is 48.8 Å². The minimum atomic E-state index is -1.78. The van der Waals surface area contributed by atoms with Gasteiger partial charge in [0, 0.05) is 11.5 Å². The molecular formula is C21H21BrN3P. The standard InChI is InChI=1S/C21H21N3P.BrH/c22-24-23-17-10-18-25(19-11-4-1-5-12-19,20-13-6-2-7-14-20)21-15-8-3-9-16-21;/h1-9,11-16H,10,17-18H2;1H/q+1;/p-1. The van der Waals surface area contributed by atoms with Crippen molar-refractivity contribution in [1.29, 1.82) is 0 Å². The molecule has 3 rings (SSSR count). The first-order chi connectivity index (χ1) is 12.4. The summed E-state index contributed by atoms with van der Waals surface area (Å²) >= 11 is 0. The second-order valence-corrected chi connectivity index (χ2v) is 9.46. The largest absolute Gasteiger partial charge is 1.00 e. The number of halogens is 1. The maximum atomic E-state index is 8.61. The van der Waals surface area contributed by atoms with E-state index in [-0.39, 0.29) is 17.0 Å². The quantitative estimate of drug-likeness (QED) is 0.182. The highest BCUT2D eigenvalue weighted by Gasteiger charge is 2.44. The maximum absolute atomic E-state index is 8.61. The summed E-state index contributed by atoms with van der Waals surface area (Å²) in [4.78, 5) is 2.91. The van der Waals surface area contributed by atoms with Crippen LogP contribution in [0, 0.1) is 0 Å². The fraction of sp³-hybridized carbons (Fsp3) is 0.143. The van der Waals surface area contributed by atoms with Crippen molar-refractivity contribution in [2.45, 2.75) is 6.42 Å². The molecule has 5 heteroatoms.